The fourth-order valence-electron chi connectivity index (χ4n) is 5.23. The molecule has 1 aromatic carbocycles. The van der Waals surface area contributed by atoms with Crippen LogP contribution in [0.25, 0.3) is 11.5 Å². The lowest BCUT2D eigenvalue weighted by molar-refractivity contribution is -0.132. The summed E-state index contributed by atoms with van der Waals surface area (Å²) in [6, 6.07) is 14.6. The van der Waals surface area contributed by atoms with E-state index in [-0.39, 0.29) is 5.91 Å². The van der Waals surface area contributed by atoms with Gasteiger partial charge in [-0.25, -0.2) is 14.2 Å². The molecule has 0 unspecified atom stereocenters. The minimum atomic E-state index is 0.256. The van der Waals surface area contributed by atoms with Gasteiger partial charge < -0.3 is 4.90 Å². The van der Waals surface area contributed by atoms with Crippen molar-refractivity contribution in [3.05, 3.63) is 76.9 Å². The summed E-state index contributed by atoms with van der Waals surface area (Å²) in [7, 11) is 0. The lowest BCUT2D eigenvalue weighted by Crippen LogP contribution is -2.38. The number of aryl methyl sites for hydroxylation is 3. The third kappa shape index (κ3) is 4.99. The van der Waals surface area contributed by atoms with E-state index in [1.165, 1.54) is 12.0 Å². The Bertz CT molecular complexity index is 1310. The molecular weight excluding hydrogens is 436 g/mol. The molecule has 1 fully saturated rings. The van der Waals surface area contributed by atoms with E-state index in [9.17, 15) is 4.79 Å². The van der Waals surface area contributed by atoms with Crippen molar-refractivity contribution in [3.63, 3.8) is 0 Å². The first-order valence-electron chi connectivity index (χ1n) is 12.7. The molecule has 0 aliphatic carbocycles. The Morgan fingerprint density at radius 2 is 1.74 bits per heavy atom. The van der Waals surface area contributed by atoms with Crippen LogP contribution in [0.5, 0.6) is 0 Å². The molecule has 1 aliphatic heterocycles. The third-order valence-electron chi connectivity index (χ3n) is 7.42. The van der Waals surface area contributed by atoms with Gasteiger partial charge in [0.1, 0.15) is 0 Å². The second kappa shape index (κ2) is 10.0. The zero-order chi connectivity index (χ0) is 24.4. The van der Waals surface area contributed by atoms with Gasteiger partial charge in [0, 0.05) is 25.2 Å². The standard InChI is InChI=1S/C28H34N6O/c1-20-19-29-26-12-13-27(31-33(20)26)34-22(3)25(21(2)30-34)11-14-28(35)32-17-15-24(16-18-32)10-9-23-7-5-4-6-8-23/h4-8,12-13,19,24H,9-11,14-18H2,1-3H3. The molecule has 1 aliphatic rings. The first-order valence-corrected chi connectivity index (χ1v) is 12.7. The van der Waals surface area contributed by atoms with E-state index >= 15 is 0 Å². The average Bonchev–Trinajstić information content (AvgIpc) is 3.40. The summed E-state index contributed by atoms with van der Waals surface area (Å²) >= 11 is 0. The highest BCUT2D eigenvalue weighted by atomic mass is 16.2. The predicted molar refractivity (Wildman–Crippen MR) is 137 cm³/mol. The third-order valence-corrected chi connectivity index (χ3v) is 7.42. The Balaban J connectivity index is 1.16. The maximum atomic E-state index is 13.0. The summed E-state index contributed by atoms with van der Waals surface area (Å²) in [6.45, 7) is 7.82. The zero-order valence-electron chi connectivity index (χ0n) is 20.9. The van der Waals surface area contributed by atoms with Crippen LogP contribution < -0.4 is 0 Å². The number of hydrogen-bond acceptors (Lipinski definition) is 4. The summed E-state index contributed by atoms with van der Waals surface area (Å²) in [6.07, 6.45) is 7.60. The van der Waals surface area contributed by atoms with E-state index in [1.807, 2.05) is 41.4 Å². The van der Waals surface area contributed by atoms with Gasteiger partial charge in [-0.2, -0.15) is 5.10 Å². The first kappa shape index (κ1) is 23.3. The summed E-state index contributed by atoms with van der Waals surface area (Å²) in [5.41, 5.74) is 6.35. The lowest BCUT2D eigenvalue weighted by Gasteiger charge is -2.32. The van der Waals surface area contributed by atoms with Crippen LogP contribution in [-0.4, -0.2) is 48.3 Å². The molecule has 1 saturated heterocycles. The minimum Gasteiger partial charge on any atom is -0.343 e. The number of nitrogens with zero attached hydrogens (tertiary/aromatic N) is 6. The van der Waals surface area contributed by atoms with Crippen molar-refractivity contribution in [1.82, 2.24) is 29.3 Å². The fraction of sp³-hybridized carbons (Fsp3) is 0.429. The number of carbonyl (C=O) groups is 1. The number of fused-ring (bicyclic) bond motifs is 1. The van der Waals surface area contributed by atoms with E-state index in [0.29, 0.717) is 18.8 Å². The summed E-state index contributed by atoms with van der Waals surface area (Å²) < 4.78 is 3.71. The van der Waals surface area contributed by atoms with Gasteiger partial charge in [0.25, 0.3) is 0 Å². The Kier molecular flexibility index (Phi) is 6.66. The topological polar surface area (TPSA) is 68.3 Å². The molecule has 1 amide bonds. The molecule has 182 valence electrons. The van der Waals surface area contributed by atoms with Gasteiger partial charge in [-0.15, -0.1) is 5.10 Å². The number of amides is 1. The molecule has 0 atom stereocenters. The Morgan fingerprint density at radius 1 is 0.971 bits per heavy atom. The van der Waals surface area contributed by atoms with Crippen molar-refractivity contribution in [2.24, 2.45) is 5.92 Å². The first-order chi connectivity index (χ1) is 17.0. The van der Waals surface area contributed by atoms with Gasteiger partial charge in [0.15, 0.2) is 11.5 Å². The van der Waals surface area contributed by atoms with Gasteiger partial charge in [-0.05, 0) is 82.1 Å². The highest BCUT2D eigenvalue weighted by molar-refractivity contribution is 5.76. The SMILES string of the molecule is Cc1nn(-c2ccc3ncc(C)n3n2)c(C)c1CCC(=O)N1CCC(CCc2ccccc2)CC1. The van der Waals surface area contributed by atoms with E-state index in [4.69, 9.17) is 10.2 Å². The van der Waals surface area contributed by atoms with Gasteiger partial charge in [-0.3, -0.25) is 4.79 Å². The van der Waals surface area contributed by atoms with Crippen LogP contribution in [0.1, 0.15) is 53.9 Å². The molecule has 0 bridgehead atoms. The number of benzene rings is 1. The van der Waals surface area contributed by atoms with E-state index in [0.717, 1.165) is 66.5 Å². The van der Waals surface area contributed by atoms with Crippen LogP contribution in [0.2, 0.25) is 0 Å². The number of hydrogen-bond donors (Lipinski definition) is 0. The van der Waals surface area contributed by atoms with Crippen LogP contribution in [0.15, 0.2) is 48.7 Å². The highest BCUT2D eigenvalue weighted by Crippen LogP contribution is 2.24. The van der Waals surface area contributed by atoms with Crippen LogP contribution >= 0.6 is 0 Å². The highest BCUT2D eigenvalue weighted by Gasteiger charge is 2.23. The quantitative estimate of drug-likeness (QED) is 0.394. The molecule has 5 rings (SSSR count). The van der Waals surface area contributed by atoms with Crippen LogP contribution in [0, 0.1) is 26.7 Å². The average molecular weight is 471 g/mol. The van der Waals surface area contributed by atoms with Crippen LogP contribution in [0.4, 0.5) is 0 Å². The maximum absolute atomic E-state index is 13.0. The smallest absolute Gasteiger partial charge is 0.222 e. The molecule has 0 saturated carbocycles. The van der Waals surface area contributed by atoms with Crippen molar-refractivity contribution in [2.75, 3.05) is 13.1 Å². The monoisotopic (exact) mass is 470 g/mol. The normalized spacial score (nSPS) is 14.7. The largest absolute Gasteiger partial charge is 0.343 e. The van der Waals surface area contributed by atoms with Crippen molar-refractivity contribution in [2.45, 2.75) is 59.3 Å². The molecule has 7 nitrogen and oxygen atoms in total. The van der Waals surface area contributed by atoms with E-state index in [1.54, 1.807) is 0 Å². The molecule has 4 aromatic rings. The van der Waals surface area contributed by atoms with Gasteiger partial charge in [-0.1, -0.05) is 30.3 Å². The number of rotatable bonds is 7. The predicted octanol–water partition coefficient (Wildman–Crippen LogP) is 4.64. The molecule has 7 heteroatoms. The van der Waals surface area contributed by atoms with Crippen molar-refractivity contribution < 1.29 is 4.79 Å². The molecule has 0 radical (unpaired) electrons. The molecule has 35 heavy (non-hydrogen) atoms. The van der Waals surface area contributed by atoms with E-state index in [2.05, 4.69) is 47.1 Å². The number of carbonyl (C=O) groups excluding carboxylic acids is 1. The van der Waals surface area contributed by atoms with E-state index < -0.39 is 0 Å². The van der Waals surface area contributed by atoms with Crippen LogP contribution in [0.3, 0.4) is 0 Å². The second-order valence-electron chi connectivity index (χ2n) is 9.77. The second-order valence-corrected chi connectivity index (χ2v) is 9.77. The number of imidazole rings is 1. The van der Waals surface area contributed by atoms with Crippen molar-refractivity contribution >= 4 is 11.6 Å². The van der Waals surface area contributed by atoms with Crippen LogP contribution in [-0.2, 0) is 17.6 Å². The molecule has 0 spiro atoms. The van der Waals surface area contributed by atoms with Gasteiger partial charge >= 0.3 is 0 Å². The maximum Gasteiger partial charge on any atom is 0.222 e. The molecule has 3 aromatic heterocycles. The van der Waals surface area contributed by atoms with Crippen molar-refractivity contribution in [1.29, 1.82) is 0 Å². The Morgan fingerprint density at radius 3 is 2.51 bits per heavy atom. The Hall–Kier alpha value is -3.48. The van der Waals surface area contributed by atoms with Gasteiger partial charge in [0.2, 0.25) is 5.91 Å². The molecular formula is C28H34N6O. The zero-order valence-corrected chi connectivity index (χ0v) is 20.9. The fourth-order valence-corrected chi connectivity index (χ4v) is 5.23. The summed E-state index contributed by atoms with van der Waals surface area (Å²) in [5, 5.41) is 9.45. The summed E-state index contributed by atoms with van der Waals surface area (Å²) in [4.78, 5) is 19.4. The lowest BCUT2D eigenvalue weighted by atomic mass is 9.90. The minimum absolute atomic E-state index is 0.256. The van der Waals surface area contributed by atoms with Gasteiger partial charge in [0.05, 0.1) is 17.6 Å². The molecule has 4 heterocycles. The summed E-state index contributed by atoms with van der Waals surface area (Å²) in [5.74, 6) is 1.73. The number of likely N-dealkylation sites (tertiary alicyclic amines) is 1. The Labute approximate surface area is 206 Å². The van der Waals surface area contributed by atoms with Crippen molar-refractivity contribution in [3.8, 4) is 5.82 Å². The number of piperidine rings is 1. The number of aromatic nitrogens is 5. The molecule has 0 N–H and O–H groups in total.